The maximum atomic E-state index is 12.5. The number of carbonyl (C=O) groups excluding carboxylic acids is 2. The summed E-state index contributed by atoms with van der Waals surface area (Å²) in [5.74, 6) is 0.457. The van der Waals surface area contributed by atoms with Crippen LogP contribution in [0.25, 0.3) is 0 Å². The van der Waals surface area contributed by atoms with Gasteiger partial charge in [0.15, 0.2) is 0 Å². The van der Waals surface area contributed by atoms with Gasteiger partial charge in [0.1, 0.15) is 0 Å². The van der Waals surface area contributed by atoms with Crippen molar-refractivity contribution in [2.45, 2.75) is 51.0 Å². The van der Waals surface area contributed by atoms with Gasteiger partial charge < -0.3 is 15.0 Å². The fourth-order valence-electron chi connectivity index (χ4n) is 3.28. The van der Waals surface area contributed by atoms with E-state index in [4.69, 9.17) is 4.74 Å². The molecule has 0 saturated carbocycles. The number of nitrogens with zero attached hydrogens (tertiary/aromatic N) is 1. The topological polar surface area (TPSA) is 58.6 Å². The number of ether oxygens (including phenoxy) is 1. The summed E-state index contributed by atoms with van der Waals surface area (Å²) in [6.07, 6.45) is 6.31. The minimum atomic E-state index is -0.214. The number of nitrogens with one attached hydrogen (secondary N) is 1. The normalized spacial score (nSPS) is 27.1. The molecule has 0 radical (unpaired) electrons. The molecule has 2 rings (SSSR count). The van der Waals surface area contributed by atoms with Crippen LogP contribution in [0.3, 0.4) is 0 Å². The van der Waals surface area contributed by atoms with Crippen LogP contribution >= 0.6 is 0 Å². The molecule has 2 atom stereocenters. The number of piperidine rings is 2. The highest BCUT2D eigenvalue weighted by Crippen LogP contribution is 2.23. The first-order valence-corrected chi connectivity index (χ1v) is 7.77. The molecule has 2 unspecified atom stereocenters. The van der Waals surface area contributed by atoms with Crippen molar-refractivity contribution in [3.63, 3.8) is 0 Å². The van der Waals surface area contributed by atoms with Crippen LogP contribution in [0.2, 0.25) is 0 Å². The van der Waals surface area contributed by atoms with Crippen molar-refractivity contribution < 1.29 is 14.3 Å². The summed E-state index contributed by atoms with van der Waals surface area (Å²) < 4.78 is 4.74. The van der Waals surface area contributed by atoms with Gasteiger partial charge in [0.25, 0.3) is 0 Å². The van der Waals surface area contributed by atoms with Crippen molar-refractivity contribution >= 4 is 11.9 Å². The second-order valence-corrected chi connectivity index (χ2v) is 5.93. The summed E-state index contributed by atoms with van der Waals surface area (Å²) >= 11 is 0. The quantitative estimate of drug-likeness (QED) is 0.790. The van der Waals surface area contributed by atoms with E-state index in [1.54, 1.807) is 0 Å². The van der Waals surface area contributed by atoms with Crippen molar-refractivity contribution in [2.24, 2.45) is 5.92 Å². The summed E-state index contributed by atoms with van der Waals surface area (Å²) in [4.78, 5) is 25.9. The molecule has 2 aliphatic rings. The monoisotopic (exact) mass is 282 g/mol. The van der Waals surface area contributed by atoms with Gasteiger partial charge in [-0.05, 0) is 51.1 Å². The molecule has 0 aromatic heterocycles. The van der Waals surface area contributed by atoms with E-state index in [0.717, 1.165) is 51.7 Å². The lowest BCUT2D eigenvalue weighted by Crippen LogP contribution is -2.46. The Bertz CT molecular complexity index is 340. The van der Waals surface area contributed by atoms with Gasteiger partial charge in [0, 0.05) is 19.0 Å². The number of hydrogen-bond acceptors (Lipinski definition) is 4. The highest BCUT2D eigenvalue weighted by molar-refractivity contribution is 5.78. The van der Waals surface area contributed by atoms with Gasteiger partial charge >= 0.3 is 5.97 Å². The van der Waals surface area contributed by atoms with Gasteiger partial charge in [-0.3, -0.25) is 9.59 Å². The molecule has 0 spiro atoms. The molecule has 2 saturated heterocycles. The van der Waals surface area contributed by atoms with Crippen molar-refractivity contribution in [3.05, 3.63) is 0 Å². The Hall–Kier alpha value is -1.10. The minimum absolute atomic E-state index is 0.0419. The van der Waals surface area contributed by atoms with Crippen LogP contribution in [0.5, 0.6) is 0 Å². The molecule has 0 aromatic rings. The smallest absolute Gasteiger partial charge is 0.307 e. The summed E-state index contributed by atoms with van der Waals surface area (Å²) in [6.45, 7) is 2.81. The van der Waals surface area contributed by atoms with Gasteiger partial charge in [-0.2, -0.15) is 0 Å². The lowest BCUT2D eigenvalue weighted by atomic mass is 9.93. The van der Waals surface area contributed by atoms with E-state index in [1.165, 1.54) is 7.11 Å². The van der Waals surface area contributed by atoms with E-state index in [-0.39, 0.29) is 17.9 Å². The molecule has 2 heterocycles. The third-order valence-electron chi connectivity index (χ3n) is 4.44. The Morgan fingerprint density at radius 1 is 1.20 bits per heavy atom. The molecule has 2 fully saturated rings. The second-order valence-electron chi connectivity index (χ2n) is 5.93. The summed E-state index contributed by atoms with van der Waals surface area (Å²) in [7, 11) is 1.41. The fourth-order valence-corrected chi connectivity index (χ4v) is 3.28. The third kappa shape index (κ3) is 4.20. The number of likely N-dealkylation sites (tertiary alicyclic amines) is 1. The van der Waals surface area contributed by atoms with Crippen LogP contribution in [0, 0.1) is 5.92 Å². The predicted molar refractivity (Wildman–Crippen MR) is 76.2 cm³/mol. The minimum Gasteiger partial charge on any atom is -0.469 e. The number of rotatable bonds is 4. The fraction of sp³-hybridized carbons (Fsp3) is 0.867. The Kier molecular flexibility index (Phi) is 5.83. The second kappa shape index (κ2) is 7.62. The largest absolute Gasteiger partial charge is 0.469 e. The molecular weight excluding hydrogens is 256 g/mol. The lowest BCUT2D eigenvalue weighted by Gasteiger charge is -2.36. The molecular formula is C15H26N2O3. The van der Waals surface area contributed by atoms with Crippen LogP contribution in [-0.2, 0) is 14.3 Å². The van der Waals surface area contributed by atoms with E-state index in [1.807, 2.05) is 4.90 Å². The molecule has 5 nitrogen and oxygen atoms in total. The Morgan fingerprint density at radius 3 is 2.75 bits per heavy atom. The van der Waals surface area contributed by atoms with Crippen molar-refractivity contribution in [2.75, 3.05) is 26.7 Å². The maximum absolute atomic E-state index is 12.5. The lowest BCUT2D eigenvalue weighted by molar-refractivity contribution is -0.144. The zero-order valence-corrected chi connectivity index (χ0v) is 12.4. The molecule has 2 aliphatic heterocycles. The Labute approximate surface area is 121 Å². The van der Waals surface area contributed by atoms with Crippen molar-refractivity contribution in [3.8, 4) is 0 Å². The molecule has 0 aromatic carbocycles. The van der Waals surface area contributed by atoms with Crippen LogP contribution < -0.4 is 5.32 Å². The van der Waals surface area contributed by atoms with Gasteiger partial charge in [-0.15, -0.1) is 0 Å². The number of carbonyl (C=O) groups is 2. The highest BCUT2D eigenvalue weighted by Gasteiger charge is 2.30. The first-order chi connectivity index (χ1) is 9.70. The van der Waals surface area contributed by atoms with Crippen LogP contribution in [-0.4, -0.2) is 49.6 Å². The van der Waals surface area contributed by atoms with Crippen LogP contribution in [0.15, 0.2) is 0 Å². The van der Waals surface area contributed by atoms with Crippen LogP contribution in [0.1, 0.15) is 44.9 Å². The van der Waals surface area contributed by atoms with Crippen molar-refractivity contribution in [1.82, 2.24) is 10.2 Å². The maximum Gasteiger partial charge on any atom is 0.307 e. The molecule has 5 heteroatoms. The number of methoxy groups -OCH3 is 1. The summed E-state index contributed by atoms with van der Waals surface area (Å²) in [5, 5.41) is 3.35. The zero-order chi connectivity index (χ0) is 14.4. The van der Waals surface area contributed by atoms with Crippen LogP contribution in [0.4, 0.5) is 0 Å². The van der Waals surface area contributed by atoms with E-state index < -0.39 is 0 Å². The standard InChI is InChI=1S/C15H26N2O3/c1-20-15(19)10-13-6-2-3-8-17(13)14(18)9-12-5-4-7-16-11-12/h12-13,16H,2-11H2,1H3. The third-order valence-corrected chi connectivity index (χ3v) is 4.44. The highest BCUT2D eigenvalue weighted by atomic mass is 16.5. The number of hydrogen-bond donors (Lipinski definition) is 1. The first-order valence-electron chi connectivity index (χ1n) is 7.77. The number of amides is 1. The summed E-state index contributed by atoms with van der Waals surface area (Å²) in [5.41, 5.74) is 0. The van der Waals surface area contributed by atoms with Crippen molar-refractivity contribution in [1.29, 1.82) is 0 Å². The molecule has 0 bridgehead atoms. The van der Waals surface area contributed by atoms with Gasteiger partial charge in [-0.1, -0.05) is 0 Å². The number of esters is 1. The Balaban J connectivity index is 1.88. The molecule has 114 valence electrons. The van der Waals surface area contributed by atoms with E-state index in [2.05, 4.69) is 5.32 Å². The predicted octanol–water partition coefficient (Wildman–Crippen LogP) is 1.32. The van der Waals surface area contributed by atoms with E-state index in [9.17, 15) is 9.59 Å². The van der Waals surface area contributed by atoms with E-state index in [0.29, 0.717) is 18.8 Å². The van der Waals surface area contributed by atoms with Gasteiger partial charge in [0.05, 0.1) is 13.5 Å². The molecule has 1 N–H and O–H groups in total. The summed E-state index contributed by atoms with van der Waals surface area (Å²) in [6, 6.07) is 0.0419. The molecule has 1 amide bonds. The first kappa shape index (κ1) is 15.3. The molecule has 0 aliphatic carbocycles. The molecule has 20 heavy (non-hydrogen) atoms. The van der Waals surface area contributed by atoms with E-state index >= 15 is 0 Å². The Morgan fingerprint density at radius 2 is 2.05 bits per heavy atom. The van der Waals surface area contributed by atoms with Gasteiger partial charge in [-0.25, -0.2) is 0 Å². The van der Waals surface area contributed by atoms with Gasteiger partial charge in [0.2, 0.25) is 5.91 Å². The average Bonchev–Trinajstić information content (AvgIpc) is 2.48. The SMILES string of the molecule is COC(=O)CC1CCCCN1C(=O)CC1CCCNC1. The zero-order valence-electron chi connectivity index (χ0n) is 12.4. The average molecular weight is 282 g/mol.